The Kier molecular flexibility index (Phi) is 6.13. The molecule has 0 saturated heterocycles. The molecule has 27 heavy (non-hydrogen) atoms. The van der Waals surface area contributed by atoms with Crippen LogP contribution in [-0.4, -0.2) is 33.7 Å². The highest BCUT2D eigenvalue weighted by Gasteiger charge is 2.12. The lowest BCUT2D eigenvalue weighted by Crippen LogP contribution is -2.29. The van der Waals surface area contributed by atoms with Gasteiger partial charge in [-0.2, -0.15) is 0 Å². The summed E-state index contributed by atoms with van der Waals surface area (Å²) in [4.78, 5) is 31.0. The summed E-state index contributed by atoms with van der Waals surface area (Å²) >= 11 is 6.98. The lowest BCUT2D eigenvalue weighted by atomic mass is 10.2. The molecule has 3 rings (SSSR count). The second-order valence-corrected chi connectivity index (χ2v) is 7.55. The number of amides is 1. The molecule has 0 aliphatic carbocycles. The van der Waals surface area contributed by atoms with Crippen molar-refractivity contribution in [2.75, 3.05) is 13.3 Å². The van der Waals surface area contributed by atoms with Crippen molar-refractivity contribution < 1.29 is 4.79 Å². The summed E-state index contributed by atoms with van der Waals surface area (Å²) < 4.78 is 1.79. The summed E-state index contributed by atoms with van der Waals surface area (Å²) in [6, 6.07) is 15.4. The highest BCUT2D eigenvalue weighted by atomic mass is 32.2. The second kappa shape index (κ2) is 8.54. The Morgan fingerprint density at radius 1 is 1.19 bits per heavy atom. The molecule has 0 saturated carbocycles. The maximum atomic E-state index is 12.6. The molecule has 1 aromatic heterocycles. The summed E-state index contributed by atoms with van der Waals surface area (Å²) in [6.07, 6.45) is 2.25. The van der Waals surface area contributed by atoms with Crippen LogP contribution in [0.5, 0.6) is 0 Å². The summed E-state index contributed by atoms with van der Waals surface area (Å²) in [6.45, 7) is 0.792. The molecule has 0 aliphatic heterocycles. The quantitative estimate of drug-likeness (QED) is 0.506. The fourth-order valence-corrected chi connectivity index (χ4v) is 3.59. The number of rotatable bonds is 6. The molecule has 140 valence electrons. The Bertz CT molecular complexity index is 1070. The third-order valence-corrected chi connectivity index (χ3v) is 5.51. The van der Waals surface area contributed by atoms with Crippen LogP contribution in [0.4, 0.5) is 0 Å². The number of hydrogen-bond acceptors (Lipinski definition) is 4. The molecule has 3 aromatic rings. The molecule has 1 amide bonds. The zero-order valence-corrected chi connectivity index (χ0v) is 16.9. The monoisotopic (exact) mass is 399 g/mol. The van der Waals surface area contributed by atoms with Crippen molar-refractivity contribution in [2.45, 2.75) is 24.4 Å². The Balaban J connectivity index is 1.69. The van der Waals surface area contributed by atoms with E-state index in [2.05, 4.69) is 4.98 Å². The van der Waals surface area contributed by atoms with Crippen molar-refractivity contribution in [3.05, 3.63) is 69.2 Å². The van der Waals surface area contributed by atoms with Gasteiger partial charge in [0.05, 0.1) is 10.9 Å². The molecule has 0 spiro atoms. The van der Waals surface area contributed by atoms with Gasteiger partial charge in [0.1, 0.15) is 0 Å². The maximum absolute atomic E-state index is 12.6. The van der Waals surface area contributed by atoms with Gasteiger partial charge in [0, 0.05) is 31.5 Å². The van der Waals surface area contributed by atoms with Crippen LogP contribution in [0.2, 0.25) is 0 Å². The fraction of sp³-hybridized carbons (Fsp3) is 0.250. The van der Waals surface area contributed by atoms with Crippen molar-refractivity contribution in [1.29, 1.82) is 0 Å². The zero-order valence-electron chi connectivity index (χ0n) is 15.3. The van der Waals surface area contributed by atoms with Crippen molar-refractivity contribution in [2.24, 2.45) is 0 Å². The summed E-state index contributed by atoms with van der Waals surface area (Å²) in [5.74, 6) is -0.0293. The van der Waals surface area contributed by atoms with E-state index in [0.29, 0.717) is 22.2 Å². The minimum Gasteiger partial charge on any atom is -0.341 e. The van der Waals surface area contributed by atoms with Crippen LogP contribution in [0, 0.1) is 4.77 Å². The smallest absolute Gasteiger partial charge is 0.262 e. The number of thioether (sulfide) groups is 1. The average Bonchev–Trinajstić information content (AvgIpc) is 2.68. The predicted octanol–water partition coefficient (Wildman–Crippen LogP) is 3.83. The number of carbonyl (C=O) groups excluding carboxylic acids is 1. The summed E-state index contributed by atoms with van der Waals surface area (Å²) in [5.41, 5.74) is 1.61. The third kappa shape index (κ3) is 4.48. The minimum atomic E-state index is -0.169. The Labute approximate surface area is 167 Å². The van der Waals surface area contributed by atoms with Crippen molar-refractivity contribution in [1.82, 2.24) is 14.5 Å². The van der Waals surface area contributed by atoms with Gasteiger partial charge in [0.25, 0.3) is 5.56 Å². The first-order chi connectivity index (χ1) is 13.0. The third-order valence-electron chi connectivity index (χ3n) is 4.44. The fourth-order valence-electron chi connectivity index (χ4n) is 2.89. The van der Waals surface area contributed by atoms with Crippen LogP contribution in [-0.2, 0) is 17.9 Å². The first-order valence-corrected chi connectivity index (χ1v) is 10.2. The topological polar surface area (TPSA) is 58.1 Å². The molecule has 2 aromatic carbocycles. The van der Waals surface area contributed by atoms with E-state index >= 15 is 0 Å². The van der Waals surface area contributed by atoms with Crippen molar-refractivity contribution in [3.63, 3.8) is 0 Å². The van der Waals surface area contributed by atoms with Crippen LogP contribution in [0.15, 0.2) is 58.2 Å². The number of nitrogens with zero attached hydrogens (tertiary/aromatic N) is 2. The number of para-hydroxylation sites is 1. The SMILES string of the molecule is CSc1ccc(CN(C)C(=O)CCn2c(=S)[nH]c3ccccc3c2=O)cc1. The van der Waals surface area contributed by atoms with E-state index < -0.39 is 0 Å². The number of aromatic amines is 1. The average molecular weight is 400 g/mol. The normalized spacial score (nSPS) is 10.9. The van der Waals surface area contributed by atoms with Crippen LogP contribution >= 0.6 is 24.0 Å². The molecular weight excluding hydrogens is 378 g/mol. The number of nitrogens with one attached hydrogen (secondary N) is 1. The van der Waals surface area contributed by atoms with Crippen LogP contribution in [0.1, 0.15) is 12.0 Å². The first kappa shape index (κ1) is 19.4. The molecular formula is C20H21N3O2S2. The van der Waals surface area contributed by atoms with Gasteiger partial charge in [0.2, 0.25) is 5.91 Å². The lowest BCUT2D eigenvalue weighted by Gasteiger charge is -2.18. The number of H-pyrrole nitrogens is 1. The van der Waals surface area contributed by atoms with Gasteiger partial charge in [-0.05, 0) is 48.3 Å². The van der Waals surface area contributed by atoms with Gasteiger partial charge in [-0.3, -0.25) is 14.2 Å². The molecule has 0 atom stereocenters. The molecule has 1 heterocycles. The highest BCUT2D eigenvalue weighted by molar-refractivity contribution is 7.98. The molecule has 0 bridgehead atoms. The highest BCUT2D eigenvalue weighted by Crippen LogP contribution is 2.16. The molecule has 1 N–H and O–H groups in total. The first-order valence-electron chi connectivity index (χ1n) is 8.58. The molecule has 0 fully saturated rings. The predicted molar refractivity (Wildman–Crippen MR) is 113 cm³/mol. The van der Waals surface area contributed by atoms with Crippen LogP contribution in [0.3, 0.4) is 0 Å². The van der Waals surface area contributed by atoms with E-state index in [9.17, 15) is 9.59 Å². The maximum Gasteiger partial charge on any atom is 0.262 e. The Morgan fingerprint density at radius 3 is 2.59 bits per heavy atom. The van der Waals surface area contributed by atoms with E-state index in [-0.39, 0.29) is 24.4 Å². The molecule has 0 radical (unpaired) electrons. The number of carbonyl (C=O) groups is 1. The lowest BCUT2D eigenvalue weighted by molar-refractivity contribution is -0.130. The Morgan fingerprint density at radius 2 is 1.89 bits per heavy atom. The van der Waals surface area contributed by atoms with E-state index in [4.69, 9.17) is 12.2 Å². The van der Waals surface area contributed by atoms with Gasteiger partial charge in [-0.1, -0.05) is 24.3 Å². The zero-order chi connectivity index (χ0) is 19.4. The second-order valence-electron chi connectivity index (χ2n) is 6.28. The van der Waals surface area contributed by atoms with Crippen molar-refractivity contribution in [3.8, 4) is 0 Å². The standard InChI is InChI=1S/C20H21N3O2S2/c1-22(13-14-7-9-15(27-2)10-8-14)18(24)11-12-23-19(25)16-5-3-4-6-17(16)21-20(23)26/h3-10H,11-13H2,1-2H3,(H,21,26). The molecule has 0 unspecified atom stereocenters. The number of fused-ring (bicyclic) bond motifs is 1. The summed E-state index contributed by atoms with van der Waals surface area (Å²) in [5, 5.41) is 0.570. The van der Waals surface area contributed by atoms with Gasteiger partial charge in [-0.15, -0.1) is 11.8 Å². The molecule has 0 aliphatic rings. The number of benzene rings is 2. The largest absolute Gasteiger partial charge is 0.341 e. The minimum absolute atomic E-state index is 0.0293. The number of aromatic nitrogens is 2. The number of hydrogen-bond donors (Lipinski definition) is 1. The van der Waals surface area contributed by atoms with Gasteiger partial charge < -0.3 is 9.88 Å². The van der Waals surface area contributed by atoms with Gasteiger partial charge in [-0.25, -0.2) is 0 Å². The van der Waals surface area contributed by atoms with Gasteiger partial charge in [0.15, 0.2) is 4.77 Å². The van der Waals surface area contributed by atoms with Crippen LogP contribution in [0.25, 0.3) is 10.9 Å². The van der Waals surface area contributed by atoms with Crippen molar-refractivity contribution >= 4 is 40.8 Å². The molecule has 7 heteroatoms. The van der Waals surface area contributed by atoms with E-state index in [1.54, 1.807) is 29.8 Å². The van der Waals surface area contributed by atoms with E-state index in [1.165, 1.54) is 9.46 Å². The van der Waals surface area contributed by atoms with Gasteiger partial charge >= 0.3 is 0 Å². The molecule has 5 nitrogen and oxygen atoms in total. The van der Waals surface area contributed by atoms with E-state index in [1.807, 2.05) is 48.7 Å². The Hall–Kier alpha value is -2.38. The summed E-state index contributed by atoms with van der Waals surface area (Å²) in [7, 11) is 1.77. The van der Waals surface area contributed by atoms with Crippen LogP contribution < -0.4 is 5.56 Å². The van der Waals surface area contributed by atoms with E-state index in [0.717, 1.165) is 5.56 Å².